The summed E-state index contributed by atoms with van der Waals surface area (Å²) in [5.41, 5.74) is 0.380. The second kappa shape index (κ2) is 4.97. The Kier molecular flexibility index (Phi) is 4.20. The lowest BCUT2D eigenvalue weighted by Gasteiger charge is -2.24. The van der Waals surface area contributed by atoms with Crippen LogP contribution in [0.3, 0.4) is 0 Å². The van der Waals surface area contributed by atoms with Crippen LogP contribution >= 0.6 is 0 Å². The molecule has 1 N–H and O–H groups in total. The fourth-order valence-corrected chi connectivity index (χ4v) is 1.40. The molecule has 0 heterocycles. The van der Waals surface area contributed by atoms with Gasteiger partial charge in [0.05, 0.1) is 0 Å². The molecule has 1 rings (SSSR count). The number of rotatable bonds is 7. The summed E-state index contributed by atoms with van der Waals surface area (Å²) in [5.74, 6) is 0.984. The Morgan fingerprint density at radius 2 is 2.08 bits per heavy atom. The lowest BCUT2D eigenvalue weighted by molar-refractivity contribution is 0.150. The van der Waals surface area contributed by atoms with Crippen LogP contribution in [0.4, 0.5) is 0 Å². The SMILES string of the molecule is COCCC(C)(C)CNCC1CC1. The molecule has 0 bridgehead atoms. The van der Waals surface area contributed by atoms with Gasteiger partial charge in [0.15, 0.2) is 0 Å². The van der Waals surface area contributed by atoms with Crippen molar-refractivity contribution in [1.82, 2.24) is 5.32 Å². The number of nitrogens with one attached hydrogen (secondary N) is 1. The molecule has 0 spiro atoms. The topological polar surface area (TPSA) is 21.3 Å². The summed E-state index contributed by atoms with van der Waals surface area (Å²) in [6, 6.07) is 0. The summed E-state index contributed by atoms with van der Waals surface area (Å²) in [5, 5.41) is 3.54. The molecule has 78 valence electrons. The lowest BCUT2D eigenvalue weighted by Crippen LogP contribution is -2.31. The Labute approximate surface area is 82.0 Å². The second-order valence-electron chi connectivity index (χ2n) is 4.98. The van der Waals surface area contributed by atoms with Gasteiger partial charge in [-0.1, -0.05) is 13.8 Å². The van der Waals surface area contributed by atoms with Crippen LogP contribution in [0.2, 0.25) is 0 Å². The molecule has 1 saturated carbocycles. The van der Waals surface area contributed by atoms with Crippen molar-refractivity contribution in [2.24, 2.45) is 11.3 Å². The van der Waals surface area contributed by atoms with E-state index >= 15 is 0 Å². The van der Waals surface area contributed by atoms with E-state index in [0.717, 1.165) is 25.5 Å². The van der Waals surface area contributed by atoms with E-state index in [0.29, 0.717) is 5.41 Å². The van der Waals surface area contributed by atoms with Crippen LogP contribution < -0.4 is 5.32 Å². The molecule has 1 aliphatic rings. The van der Waals surface area contributed by atoms with Crippen molar-refractivity contribution in [2.45, 2.75) is 33.1 Å². The van der Waals surface area contributed by atoms with Gasteiger partial charge >= 0.3 is 0 Å². The summed E-state index contributed by atoms with van der Waals surface area (Å²) in [7, 11) is 1.77. The Bertz CT molecular complexity index is 141. The number of hydrogen-bond acceptors (Lipinski definition) is 2. The van der Waals surface area contributed by atoms with Gasteiger partial charge in [-0.2, -0.15) is 0 Å². The third kappa shape index (κ3) is 5.27. The molecule has 0 amide bonds. The predicted octanol–water partition coefficient (Wildman–Crippen LogP) is 2.05. The monoisotopic (exact) mass is 185 g/mol. The van der Waals surface area contributed by atoms with Crippen molar-refractivity contribution in [2.75, 3.05) is 26.8 Å². The van der Waals surface area contributed by atoms with Gasteiger partial charge in [-0.15, -0.1) is 0 Å². The van der Waals surface area contributed by atoms with E-state index in [-0.39, 0.29) is 0 Å². The predicted molar refractivity (Wildman–Crippen MR) is 55.9 cm³/mol. The van der Waals surface area contributed by atoms with Gasteiger partial charge in [0.25, 0.3) is 0 Å². The highest BCUT2D eigenvalue weighted by Crippen LogP contribution is 2.28. The molecule has 0 saturated heterocycles. The van der Waals surface area contributed by atoms with Crippen molar-refractivity contribution in [3.63, 3.8) is 0 Å². The summed E-state index contributed by atoms with van der Waals surface area (Å²) in [6.07, 6.45) is 4.01. The molecule has 1 aliphatic carbocycles. The van der Waals surface area contributed by atoms with Crippen molar-refractivity contribution in [3.8, 4) is 0 Å². The third-order valence-corrected chi connectivity index (χ3v) is 2.72. The molecule has 0 atom stereocenters. The van der Waals surface area contributed by atoms with Gasteiger partial charge < -0.3 is 10.1 Å². The summed E-state index contributed by atoms with van der Waals surface area (Å²) in [6.45, 7) is 7.80. The average Bonchev–Trinajstić information content (AvgIpc) is 2.84. The molecule has 0 unspecified atom stereocenters. The van der Waals surface area contributed by atoms with Crippen LogP contribution in [0.25, 0.3) is 0 Å². The highest BCUT2D eigenvalue weighted by Gasteiger charge is 2.22. The zero-order valence-electron chi connectivity index (χ0n) is 9.23. The van der Waals surface area contributed by atoms with Crippen LogP contribution in [0, 0.1) is 11.3 Å². The first-order valence-corrected chi connectivity index (χ1v) is 5.34. The highest BCUT2D eigenvalue weighted by atomic mass is 16.5. The van der Waals surface area contributed by atoms with E-state index in [4.69, 9.17) is 4.74 Å². The molecular weight excluding hydrogens is 162 g/mol. The van der Waals surface area contributed by atoms with Crippen molar-refractivity contribution in [3.05, 3.63) is 0 Å². The van der Waals surface area contributed by atoms with Crippen LogP contribution in [0.1, 0.15) is 33.1 Å². The number of ether oxygens (including phenoxy) is 1. The van der Waals surface area contributed by atoms with Gasteiger partial charge in [-0.05, 0) is 37.1 Å². The normalized spacial score (nSPS) is 17.8. The lowest BCUT2D eigenvalue weighted by atomic mass is 9.90. The van der Waals surface area contributed by atoms with E-state index in [1.165, 1.54) is 19.4 Å². The molecule has 1 fully saturated rings. The van der Waals surface area contributed by atoms with Crippen LogP contribution in [-0.2, 0) is 4.74 Å². The zero-order valence-corrected chi connectivity index (χ0v) is 9.23. The van der Waals surface area contributed by atoms with E-state index in [1.54, 1.807) is 7.11 Å². The van der Waals surface area contributed by atoms with Crippen LogP contribution in [-0.4, -0.2) is 26.8 Å². The van der Waals surface area contributed by atoms with Crippen LogP contribution in [0.5, 0.6) is 0 Å². The zero-order chi connectivity index (χ0) is 9.73. The summed E-state index contributed by atoms with van der Waals surface area (Å²) in [4.78, 5) is 0. The molecule has 0 radical (unpaired) electrons. The first-order chi connectivity index (χ1) is 6.14. The minimum Gasteiger partial charge on any atom is -0.385 e. The van der Waals surface area contributed by atoms with Crippen molar-refractivity contribution < 1.29 is 4.74 Å². The van der Waals surface area contributed by atoms with Gasteiger partial charge in [-0.25, -0.2) is 0 Å². The average molecular weight is 185 g/mol. The van der Waals surface area contributed by atoms with Gasteiger partial charge in [0.1, 0.15) is 0 Å². The summed E-state index contributed by atoms with van der Waals surface area (Å²) < 4.78 is 5.09. The summed E-state index contributed by atoms with van der Waals surface area (Å²) >= 11 is 0. The maximum absolute atomic E-state index is 5.09. The molecule has 0 aliphatic heterocycles. The van der Waals surface area contributed by atoms with Crippen LogP contribution in [0.15, 0.2) is 0 Å². The van der Waals surface area contributed by atoms with Gasteiger partial charge in [0, 0.05) is 20.3 Å². The molecule has 0 aromatic carbocycles. The smallest absolute Gasteiger partial charge is 0.0467 e. The first kappa shape index (κ1) is 11.0. The molecule has 0 aromatic rings. The second-order valence-corrected chi connectivity index (χ2v) is 4.98. The minimum absolute atomic E-state index is 0.380. The number of methoxy groups -OCH3 is 1. The fourth-order valence-electron chi connectivity index (χ4n) is 1.40. The Balaban J connectivity index is 2.01. The third-order valence-electron chi connectivity index (χ3n) is 2.72. The van der Waals surface area contributed by atoms with Gasteiger partial charge in [-0.3, -0.25) is 0 Å². The first-order valence-electron chi connectivity index (χ1n) is 5.34. The highest BCUT2D eigenvalue weighted by molar-refractivity contribution is 4.78. The van der Waals surface area contributed by atoms with E-state index < -0.39 is 0 Å². The molecule has 13 heavy (non-hydrogen) atoms. The molecular formula is C11H23NO. The van der Waals surface area contributed by atoms with Crippen molar-refractivity contribution >= 4 is 0 Å². The Morgan fingerprint density at radius 3 is 2.62 bits per heavy atom. The van der Waals surface area contributed by atoms with Gasteiger partial charge in [0.2, 0.25) is 0 Å². The van der Waals surface area contributed by atoms with E-state index in [2.05, 4.69) is 19.2 Å². The van der Waals surface area contributed by atoms with E-state index in [1.807, 2.05) is 0 Å². The quantitative estimate of drug-likeness (QED) is 0.655. The number of hydrogen-bond donors (Lipinski definition) is 1. The Hall–Kier alpha value is -0.0800. The van der Waals surface area contributed by atoms with E-state index in [9.17, 15) is 0 Å². The minimum atomic E-state index is 0.380. The molecule has 0 aromatic heterocycles. The fraction of sp³-hybridized carbons (Fsp3) is 1.00. The molecule has 2 heteroatoms. The maximum Gasteiger partial charge on any atom is 0.0467 e. The molecule has 2 nitrogen and oxygen atoms in total. The standard InChI is InChI=1S/C11H23NO/c1-11(2,6-7-13-3)9-12-8-10-4-5-10/h10,12H,4-9H2,1-3H3. The Morgan fingerprint density at radius 1 is 1.38 bits per heavy atom. The largest absolute Gasteiger partial charge is 0.385 e. The maximum atomic E-state index is 5.09. The van der Waals surface area contributed by atoms with Crippen molar-refractivity contribution in [1.29, 1.82) is 0 Å².